The molecule has 2 aromatic rings. The molecule has 1 aromatic heterocycles. The van der Waals surface area contributed by atoms with Gasteiger partial charge in [-0.2, -0.15) is 0 Å². The lowest BCUT2D eigenvalue weighted by Crippen LogP contribution is -2.16. The van der Waals surface area contributed by atoms with Crippen LogP contribution in [-0.2, 0) is 0 Å². The largest absolute Gasteiger partial charge is 0.258 e. The number of hydrogen-bond donors (Lipinski definition) is 0. The van der Waals surface area contributed by atoms with Gasteiger partial charge in [-0.25, -0.2) is 4.76 Å². The Hall–Kier alpha value is -1.39. The van der Waals surface area contributed by atoms with Crippen LogP contribution in [-0.4, -0.2) is 49.0 Å². The van der Waals surface area contributed by atoms with E-state index < -0.39 is 8.37 Å². The minimum atomic E-state index is -0.668. The molecule has 1 aromatic carbocycles. The minimum absolute atomic E-state index is 0.668. The molecule has 146 valence electrons. The van der Waals surface area contributed by atoms with Gasteiger partial charge in [0, 0.05) is 9.75 Å². The molecule has 1 heterocycles. The SMILES string of the molecule is CC(=Nc1c(C)cc(C)cc1C)c1ccc(/C(C)=N/P(N(C)C)N(C)C)s1. The van der Waals surface area contributed by atoms with Crippen LogP contribution in [0.25, 0.3) is 0 Å². The van der Waals surface area contributed by atoms with E-state index in [9.17, 15) is 0 Å². The van der Waals surface area contributed by atoms with Crippen molar-refractivity contribution in [1.29, 1.82) is 0 Å². The smallest absolute Gasteiger partial charge is 0.168 e. The van der Waals surface area contributed by atoms with Gasteiger partial charge in [-0.05, 0) is 86.1 Å². The molecule has 6 heteroatoms. The first-order valence-electron chi connectivity index (χ1n) is 9.03. The lowest BCUT2D eigenvalue weighted by molar-refractivity contribution is 0.575. The highest BCUT2D eigenvalue weighted by molar-refractivity contribution is 7.51. The van der Waals surface area contributed by atoms with Gasteiger partial charge in [-0.1, -0.05) is 17.7 Å². The fourth-order valence-corrected chi connectivity index (χ4v) is 5.43. The zero-order chi connectivity index (χ0) is 20.3. The molecule has 0 radical (unpaired) electrons. The zero-order valence-electron chi connectivity index (χ0n) is 18.0. The third-order valence-corrected chi connectivity index (χ3v) is 7.40. The summed E-state index contributed by atoms with van der Waals surface area (Å²) >= 11 is 1.76. The van der Waals surface area contributed by atoms with Crippen LogP contribution in [0.1, 0.15) is 40.3 Å². The van der Waals surface area contributed by atoms with Gasteiger partial charge in [0.1, 0.15) is 0 Å². The quantitative estimate of drug-likeness (QED) is 0.440. The van der Waals surface area contributed by atoms with E-state index in [1.165, 1.54) is 26.4 Å². The first-order chi connectivity index (χ1) is 12.6. The molecule has 0 atom stereocenters. The van der Waals surface area contributed by atoms with Gasteiger partial charge in [0.25, 0.3) is 0 Å². The Labute approximate surface area is 169 Å². The average Bonchev–Trinajstić information content (AvgIpc) is 3.05. The van der Waals surface area contributed by atoms with Crippen LogP contribution in [0.2, 0.25) is 0 Å². The summed E-state index contributed by atoms with van der Waals surface area (Å²) in [4.78, 5) is 7.33. The molecule has 0 saturated carbocycles. The fourth-order valence-electron chi connectivity index (χ4n) is 3.02. The van der Waals surface area contributed by atoms with Crippen molar-refractivity contribution in [3.05, 3.63) is 50.7 Å². The topological polar surface area (TPSA) is 31.2 Å². The number of rotatable bonds is 6. The van der Waals surface area contributed by atoms with E-state index >= 15 is 0 Å². The first kappa shape index (κ1) is 21.9. The Kier molecular flexibility index (Phi) is 7.47. The van der Waals surface area contributed by atoms with Gasteiger partial charge in [0.15, 0.2) is 8.37 Å². The predicted molar refractivity (Wildman–Crippen MR) is 123 cm³/mol. The van der Waals surface area contributed by atoms with Gasteiger partial charge in [-0.3, -0.25) is 14.3 Å². The van der Waals surface area contributed by atoms with Gasteiger partial charge >= 0.3 is 0 Å². The Morgan fingerprint density at radius 3 is 1.81 bits per heavy atom. The second kappa shape index (κ2) is 9.20. The Balaban J connectivity index is 2.32. The third-order valence-electron chi connectivity index (χ3n) is 4.19. The van der Waals surface area contributed by atoms with E-state index in [1.54, 1.807) is 11.3 Å². The summed E-state index contributed by atoms with van der Waals surface area (Å²) in [5, 5.41) is 0. The molecule has 0 N–H and O–H groups in total. The maximum atomic E-state index is 4.94. The Morgan fingerprint density at radius 2 is 1.33 bits per heavy atom. The van der Waals surface area contributed by atoms with E-state index in [0.29, 0.717) is 0 Å². The number of aryl methyl sites for hydroxylation is 3. The van der Waals surface area contributed by atoms with Crippen LogP contribution < -0.4 is 0 Å². The Bertz CT molecular complexity index is 834. The van der Waals surface area contributed by atoms with Crippen LogP contribution in [0.3, 0.4) is 0 Å². The van der Waals surface area contributed by atoms with Crippen LogP contribution >= 0.6 is 19.7 Å². The molecule has 0 bridgehead atoms. The molecule has 0 saturated heterocycles. The predicted octanol–water partition coefficient (Wildman–Crippen LogP) is 5.97. The zero-order valence-corrected chi connectivity index (χ0v) is 19.7. The van der Waals surface area contributed by atoms with Gasteiger partial charge in [0.2, 0.25) is 0 Å². The van der Waals surface area contributed by atoms with E-state index in [2.05, 4.69) is 96.4 Å². The second-order valence-corrected chi connectivity index (χ2v) is 10.7. The second-order valence-electron chi connectivity index (χ2n) is 7.26. The van der Waals surface area contributed by atoms with Crippen LogP contribution in [0, 0.1) is 20.8 Å². The van der Waals surface area contributed by atoms with Gasteiger partial charge in [-0.15, -0.1) is 11.3 Å². The summed E-state index contributed by atoms with van der Waals surface area (Å²) in [5.74, 6) is 0. The fraction of sp³-hybridized carbons (Fsp3) is 0.429. The highest BCUT2D eigenvalue weighted by Gasteiger charge is 2.15. The molecule has 0 aliphatic heterocycles. The summed E-state index contributed by atoms with van der Waals surface area (Å²) in [7, 11) is 7.63. The molecule has 0 spiro atoms. The summed E-state index contributed by atoms with van der Waals surface area (Å²) < 4.78 is 9.28. The third kappa shape index (κ3) is 5.55. The van der Waals surface area contributed by atoms with Gasteiger partial charge in [0.05, 0.1) is 17.1 Å². The molecule has 2 rings (SSSR count). The van der Waals surface area contributed by atoms with Crippen molar-refractivity contribution >= 4 is 36.8 Å². The van der Waals surface area contributed by atoms with Crippen molar-refractivity contribution in [2.24, 2.45) is 9.76 Å². The van der Waals surface area contributed by atoms with Crippen molar-refractivity contribution in [2.75, 3.05) is 28.2 Å². The van der Waals surface area contributed by atoms with E-state index in [0.717, 1.165) is 17.1 Å². The molecule has 27 heavy (non-hydrogen) atoms. The van der Waals surface area contributed by atoms with Crippen molar-refractivity contribution in [1.82, 2.24) is 9.34 Å². The molecule has 0 fully saturated rings. The van der Waals surface area contributed by atoms with Crippen molar-refractivity contribution < 1.29 is 0 Å². The summed E-state index contributed by atoms with van der Waals surface area (Å²) in [6.45, 7) is 10.6. The van der Waals surface area contributed by atoms with Gasteiger partial charge < -0.3 is 0 Å². The summed E-state index contributed by atoms with van der Waals surface area (Å²) in [6, 6.07) is 8.71. The van der Waals surface area contributed by atoms with E-state index in [1.807, 2.05) is 0 Å². The standard InChI is InChI=1S/C21H31N4PS/c1-14-12-15(2)21(16(3)13-14)22-17(4)19-10-11-20(27-19)18(5)23-26(24(6)7)25(8)9/h10-13H,1-9H3/b22-17?,23-18+. The number of hydrogen-bond acceptors (Lipinski definition) is 5. The summed E-state index contributed by atoms with van der Waals surface area (Å²) in [5.41, 5.74) is 6.95. The first-order valence-corrected chi connectivity index (χ1v) is 11.0. The highest BCUT2D eigenvalue weighted by Crippen LogP contribution is 2.42. The van der Waals surface area contributed by atoms with Crippen molar-refractivity contribution in [3.8, 4) is 0 Å². The maximum Gasteiger partial charge on any atom is 0.168 e. The number of aliphatic imine (C=N–C) groups is 1. The molecule has 4 nitrogen and oxygen atoms in total. The molecule has 0 amide bonds. The molecule has 0 aliphatic rings. The number of thiophene rings is 1. The monoisotopic (exact) mass is 402 g/mol. The van der Waals surface area contributed by atoms with Crippen LogP contribution in [0.15, 0.2) is 34.0 Å². The molecule has 0 unspecified atom stereocenters. The lowest BCUT2D eigenvalue weighted by Gasteiger charge is -2.25. The lowest BCUT2D eigenvalue weighted by atomic mass is 10.1. The van der Waals surface area contributed by atoms with E-state index in [4.69, 9.17) is 9.76 Å². The molecule has 0 aliphatic carbocycles. The molecular weight excluding hydrogens is 371 g/mol. The summed E-state index contributed by atoms with van der Waals surface area (Å²) in [6.07, 6.45) is 0. The Morgan fingerprint density at radius 1 is 0.852 bits per heavy atom. The average molecular weight is 403 g/mol. The number of benzene rings is 1. The highest BCUT2D eigenvalue weighted by atomic mass is 32.1. The van der Waals surface area contributed by atoms with E-state index in [-0.39, 0.29) is 0 Å². The minimum Gasteiger partial charge on any atom is -0.258 e. The maximum absolute atomic E-state index is 4.94. The van der Waals surface area contributed by atoms with Crippen molar-refractivity contribution in [3.63, 3.8) is 0 Å². The van der Waals surface area contributed by atoms with Crippen molar-refractivity contribution in [2.45, 2.75) is 34.6 Å². The normalized spacial score (nSPS) is 13.3. The van der Waals surface area contributed by atoms with Crippen LogP contribution in [0.5, 0.6) is 0 Å². The molecular formula is C21H31N4PS. The number of nitrogens with zero attached hydrogens (tertiary/aromatic N) is 4. The van der Waals surface area contributed by atoms with Crippen LogP contribution in [0.4, 0.5) is 5.69 Å².